The third-order valence-electron chi connectivity index (χ3n) is 5.94. The molecule has 0 bridgehead atoms. The van der Waals surface area contributed by atoms with Crippen LogP contribution in [0.15, 0.2) is 4.99 Å². The fourth-order valence-electron chi connectivity index (χ4n) is 4.04. The van der Waals surface area contributed by atoms with Crippen LogP contribution in [0, 0.1) is 10.8 Å². The SMILES string of the molecule is CCNC(=NCC1(CO)CCOCC1)N1CCC2(CCC2)C1. The van der Waals surface area contributed by atoms with Crippen molar-refractivity contribution < 1.29 is 9.84 Å². The van der Waals surface area contributed by atoms with Gasteiger partial charge < -0.3 is 20.1 Å². The molecule has 5 heteroatoms. The molecule has 1 aliphatic carbocycles. The van der Waals surface area contributed by atoms with E-state index in [0.717, 1.165) is 51.6 Å². The molecule has 0 atom stereocenters. The molecule has 0 radical (unpaired) electrons. The first-order chi connectivity index (χ1) is 10.7. The van der Waals surface area contributed by atoms with Crippen molar-refractivity contribution in [3.8, 4) is 0 Å². The Kier molecular flexibility index (Phi) is 4.93. The Hall–Kier alpha value is -0.810. The predicted molar refractivity (Wildman–Crippen MR) is 88.0 cm³/mol. The first kappa shape index (κ1) is 16.1. The largest absolute Gasteiger partial charge is 0.396 e. The molecule has 3 rings (SSSR count). The van der Waals surface area contributed by atoms with Crippen LogP contribution in [0.25, 0.3) is 0 Å². The predicted octanol–water partition coefficient (Wildman–Crippen LogP) is 1.62. The number of likely N-dealkylation sites (tertiary alicyclic amines) is 1. The maximum Gasteiger partial charge on any atom is 0.193 e. The van der Waals surface area contributed by atoms with Gasteiger partial charge in [-0.15, -0.1) is 0 Å². The minimum atomic E-state index is -0.0766. The van der Waals surface area contributed by atoms with Gasteiger partial charge in [0.25, 0.3) is 0 Å². The van der Waals surface area contributed by atoms with E-state index in [1.165, 1.54) is 25.7 Å². The summed E-state index contributed by atoms with van der Waals surface area (Å²) in [6.07, 6.45) is 7.32. The van der Waals surface area contributed by atoms with Crippen molar-refractivity contribution in [2.75, 3.05) is 46.0 Å². The first-order valence-corrected chi connectivity index (χ1v) is 8.93. The molecule has 2 heterocycles. The fraction of sp³-hybridized carbons (Fsp3) is 0.941. The smallest absolute Gasteiger partial charge is 0.193 e. The molecular formula is C17H31N3O2. The van der Waals surface area contributed by atoms with Crippen LogP contribution in [0.1, 0.15) is 45.4 Å². The Morgan fingerprint density at radius 2 is 2.00 bits per heavy atom. The molecule has 0 aromatic heterocycles. The molecular weight excluding hydrogens is 278 g/mol. The molecule has 2 saturated heterocycles. The van der Waals surface area contributed by atoms with Crippen LogP contribution >= 0.6 is 0 Å². The molecule has 3 aliphatic rings. The number of hydrogen-bond acceptors (Lipinski definition) is 3. The summed E-state index contributed by atoms with van der Waals surface area (Å²) in [6, 6.07) is 0. The Bertz CT molecular complexity index is 401. The highest BCUT2D eigenvalue weighted by atomic mass is 16.5. The van der Waals surface area contributed by atoms with E-state index in [1.807, 2.05) is 0 Å². The molecule has 1 spiro atoms. The van der Waals surface area contributed by atoms with Crippen molar-refractivity contribution in [1.29, 1.82) is 0 Å². The molecule has 0 unspecified atom stereocenters. The Balaban J connectivity index is 1.64. The van der Waals surface area contributed by atoms with Crippen LogP contribution in [0.4, 0.5) is 0 Å². The molecule has 3 fully saturated rings. The second-order valence-corrected chi connectivity index (χ2v) is 7.47. The van der Waals surface area contributed by atoms with Crippen molar-refractivity contribution in [2.45, 2.75) is 45.4 Å². The second kappa shape index (κ2) is 6.75. The average molecular weight is 309 g/mol. The van der Waals surface area contributed by atoms with E-state index in [2.05, 4.69) is 17.1 Å². The van der Waals surface area contributed by atoms with Gasteiger partial charge in [0.05, 0.1) is 13.2 Å². The monoisotopic (exact) mass is 309 g/mol. The number of hydrogen-bond donors (Lipinski definition) is 2. The number of aliphatic hydroxyl groups is 1. The number of rotatable bonds is 4. The summed E-state index contributed by atoms with van der Waals surface area (Å²) in [4.78, 5) is 7.34. The maximum atomic E-state index is 9.82. The fourth-order valence-corrected chi connectivity index (χ4v) is 4.04. The van der Waals surface area contributed by atoms with Gasteiger partial charge >= 0.3 is 0 Å². The minimum absolute atomic E-state index is 0.0766. The maximum absolute atomic E-state index is 9.82. The molecule has 126 valence electrons. The second-order valence-electron chi connectivity index (χ2n) is 7.47. The van der Waals surface area contributed by atoms with Crippen LogP contribution in [-0.4, -0.2) is 62.0 Å². The van der Waals surface area contributed by atoms with Crippen LogP contribution in [-0.2, 0) is 4.74 Å². The van der Waals surface area contributed by atoms with E-state index in [9.17, 15) is 5.11 Å². The third-order valence-corrected chi connectivity index (χ3v) is 5.94. The highest BCUT2D eigenvalue weighted by molar-refractivity contribution is 5.80. The Labute approximate surface area is 134 Å². The summed E-state index contributed by atoms with van der Waals surface area (Å²) < 4.78 is 5.44. The van der Waals surface area contributed by atoms with Gasteiger partial charge in [0.1, 0.15) is 0 Å². The molecule has 1 saturated carbocycles. The van der Waals surface area contributed by atoms with Crippen molar-refractivity contribution in [3.05, 3.63) is 0 Å². The van der Waals surface area contributed by atoms with Crippen molar-refractivity contribution in [1.82, 2.24) is 10.2 Å². The average Bonchev–Trinajstić information content (AvgIpc) is 2.98. The lowest BCUT2D eigenvalue weighted by Gasteiger charge is -2.38. The molecule has 0 amide bonds. The molecule has 0 aromatic carbocycles. The number of nitrogens with one attached hydrogen (secondary N) is 1. The zero-order valence-electron chi connectivity index (χ0n) is 13.9. The topological polar surface area (TPSA) is 57.1 Å². The van der Waals surface area contributed by atoms with Crippen LogP contribution < -0.4 is 5.32 Å². The van der Waals surface area contributed by atoms with E-state index in [1.54, 1.807) is 0 Å². The minimum Gasteiger partial charge on any atom is -0.396 e. The quantitative estimate of drug-likeness (QED) is 0.612. The van der Waals surface area contributed by atoms with Gasteiger partial charge in [0.15, 0.2) is 5.96 Å². The zero-order chi connectivity index (χ0) is 15.5. The van der Waals surface area contributed by atoms with E-state index in [-0.39, 0.29) is 12.0 Å². The van der Waals surface area contributed by atoms with Gasteiger partial charge in [-0.2, -0.15) is 0 Å². The normalized spacial score (nSPS) is 27.0. The van der Waals surface area contributed by atoms with Crippen LogP contribution in [0.5, 0.6) is 0 Å². The summed E-state index contributed by atoms with van der Waals surface area (Å²) in [5.74, 6) is 1.05. The number of ether oxygens (including phenoxy) is 1. The van der Waals surface area contributed by atoms with Crippen molar-refractivity contribution in [2.24, 2.45) is 15.8 Å². The summed E-state index contributed by atoms with van der Waals surface area (Å²) >= 11 is 0. The van der Waals surface area contributed by atoms with E-state index < -0.39 is 0 Å². The van der Waals surface area contributed by atoms with Gasteiger partial charge in [0.2, 0.25) is 0 Å². The molecule has 2 aliphatic heterocycles. The Morgan fingerprint density at radius 1 is 1.23 bits per heavy atom. The molecule has 0 aromatic rings. The number of aliphatic imine (C=N–C) groups is 1. The molecule has 5 nitrogen and oxygen atoms in total. The Morgan fingerprint density at radius 3 is 2.55 bits per heavy atom. The number of guanidine groups is 1. The van der Waals surface area contributed by atoms with Gasteiger partial charge in [-0.3, -0.25) is 4.99 Å². The standard InChI is InChI=1S/C17H31N3O2/c1-2-18-15(20-9-6-16(13-20)4-3-5-16)19-12-17(14-21)7-10-22-11-8-17/h21H,2-14H2,1H3,(H,18,19). The first-order valence-electron chi connectivity index (χ1n) is 8.93. The summed E-state index contributed by atoms with van der Waals surface area (Å²) in [6.45, 7) is 7.73. The van der Waals surface area contributed by atoms with Crippen LogP contribution in [0.2, 0.25) is 0 Å². The number of aliphatic hydroxyl groups excluding tert-OH is 1. The molecule has 2 N–H and O–H groups in total. The van der Waals surface area contributed by atoms with E-state index in [4.69, 9.17) is 9.73 Å². The van der Waals surface area contributed by atoms with Gasteiger partial charge in [-0.25, -0.2) is 0 Å². The summed E-state index contributed by atoms with van der Waals surface area (Å²) in [7, 11) is 0. The zero-order valence-corrected chi connectivity index (χ0v) is 13.9. The van der Waals surface area contributed by atoms with Gasteiger partial charge in [-0.05, 0) is 44.4 Å². The lowest BCUT2D eigenvalue weighted by atomic mass is 9.68. The highest BCUT2D eigenvalue weighted by Gasteiger charge is 2.43. The van der Waals surface area contributed by atoms with Crippen LogP contribution in [0.3, 0.4) is 0 Å². The van der Waals surface area contributed by atoms with Crippen molar-refractivity contribution in [3.63, 3.8) is 0 Å². The summed E-state index contributed by atoms with van der Waals surface area (Å²) in [5, 5.41) is 13.3. The van der Waals surface area contributed by atoms with E-state index >= 15 is 0 Å². The molecule has 22 heavy (non-hydrogen) atoms. The number of nitrogens with zero attached hydrogens (tertiary/aromatic N) is 2. The summed E-state index contributed by atoms with van der Waals surface area (Å²) in [5.41, 5.74) is 0.510. The van der Waals surface area contributed by atoms with E-state index in [0.29, 0.717) is 12.0 Å². The third kappa shape index (κ3) is 3.25. The van der Waals surface area contributed by atoms with Gasteiger partial charge in [-0.1, -0.05) is 6.42 Å². The lowest BCUT2D eigenvalue weighted by Crippen LogP contribution is -2.44. The lowest BCUT2D eigenvalue weighted by molar-refractivity contribution is -0.0107. The van der Waals surface area contributed by atoms with Crippen molar-refractivity contribution >= 4 is 5.96 Å². The highest BCUT2D eigenvalue weighted by Crippen LogP contribution is 2.47. The van der Waals surface area contributed by atoms with Gasteiger partial charge in [0, 0.05) is 38.3 Å².